The molecule has 8 nitrogen and oxygen atoms in total. The smallest absolute Gasteiger partial charge is 0.365 e. The zero-order chi connectivity index (χ0) is 12.0. The number of pyridine rings is 1. The van der Waals surface area contributed by atoms with Crippen LogP contribution in [0.1, 0.15) is 0 Å². The van der Waals surface area contributed by atoms with Gasteiger partial charge in [0.2, 0.25) is 5.82 Å². The highest BCUT2D eigenvalue weighted by atomic mass is 16.6. The Morgan fingerprint density at radius 2 is 2.31 bits per heavy atom. The number of hydrogen-bond acceptors (Lipinski definition) is 5. The van der Waals surface area contributed by atoms with Crippen molar-refractivity contribution in [2.75, 3.05) is 18.4 Å². The number of rotatable bonds is 5. The second-order valence-electron chi connectivity index (χ2n) is 2.87. The number of aromatic nitrogens is 1. The monoisotopic (exact) mass is 224 g/mol. The third kappa shape index (κ3) is 3.78. The minimum atomic E-state index is -0.554. The Hall–Kier alpha value is -2.38. The molecule has 16 heavy (non-hydrogen) atoms. The number of hydrogen-bond donors (Lipinski definition) is 3. The van der Waals surface area contributed by atoms with Gasteiger partial charge in [-0.1, -0.05) is 0 Å². The molecule has 1 heterocycles. The Balaban J connectivity index is 2.51. The molecule has 0 saturated carbocycles. The number of nitrogens with one attached hydrogen (secondary N) is 1. The predicted octanol–water partition coefficient (Wildman–Crippen LogP) is -0.325. The van der Waals surface area contributed by atoms with E-state index in [1.807, 2.05) is 0 Å². The van der Waals surface area contributed by atoms with Crippen LogP contribution in [0.5, 0.6) is 0 Å². The number of nitro groups is 1. The van der Waals surface area contributed by atoms with E-state index in [1.165, 1.54) is 6.07 Å². The van der Waals surface area contributed by atoms with Crippen LogP contribution in [0.25, 0.3) is 0 Å². The van der Waals surface area contributed by atoms with Gasteiger partial charge in [-0.2, -0.15) is 0 Å². The third-order valence-electron chi connectivity index (χ3n) is 1.63. The fraction of sp³-hybridized carbons (Fsp3) is 0.250. The van der Waals surface area contributed by atoms with E-state index in [-0.39, 0.29) is 11.8 Å². The molecule has 5 N–H and O–H groups in total. The van der Waals surface area contributed by atoms with Crippen LogP contribution < -0.4 is 16.8 Å². The highest BCUT2D eigenvalue weighted by molar-refractivity contribution is 5.75. The van der Waals surface area contributed by atoms with Crippen molar-refractivity contribution in [2.24, 2.45) is 16.5 Å². The molecule has 0 radical (unpaired) electrons. The van der Waals surface area contributed by atoms with Crippen LogP contribution in [0, 0.1) is 10.1 Å². The van der Waals surface area contributed by atoms with Crippen molar-refractivity contribution in [3.8, 4) is 0 Å². The second-order valence-corrected chi connectivity index (χ2v) is 2.87. The molecule has 0 aliphatic carbocycles. The van der Waals surface area contributed by atoms with Crippen molar-refractivity contribution in [3.63, 3.8) is 0 Å². The maximum Gasteiger partial charge on any atom is 0.365 e. The van der Waals surface area contributed by atoms with E-state index in [1.54, 1.807) is 12.1 Å². The number of nitrogens with zero attached hydrogens (tertiary/aromatic N) is 3. The summed E-state index contributed by atoms with van der Waals surface area (Å²) in [7, 11) is 0. The lowest BCUT2D eigenvalue weighted by Crippen LogP contribution is -2.24. The maximum atomic E-state index is 10.4. The standard InChI is InChI=1S/C8H12N6O2/c9-8(10)12-5-4-11-6-2-1-3-7(13-6)14(15)16/h1-3H,4-5H2,(H,11,13)(H4,9,10,12). The highest BCUT2D eigenvalue weighted by Gasteiger charge is 2.07. The molecule has 0 saturated heterocycles. The minimum Gasteiger partial charge on any atom is -0.370 e. The van der Waals surface area contributed by atoms with E-state index < -0.39 is 4.92 Å². The average molecular weight is 224 g/mol. The van der Waals surface area contributed by atoms with Gasteiger partial charge in [-0.3, -0.25) is 4.99 Å². The summed E-state index contributed by atoms with van der Waals surface area (Å²) >= 11 is 0. The summed E-state index contributed by atoms with van der Waals surface area (Å²) in [4.78, 5) is 17.4. The van der Waals surface area contributed by atoms with E-state index in [2.05, 4.69) is 15.3 Å². The SMILES string of the molecule is NC(N)=NCCNc1cccc([N+](=O)[O-])n1. The number of guanidine groups is 1. The van der Waals surface area contributed by atoms with Crippen molar-refractivity contribution >= 4 is 17.6 Å². The van der Waals surface area contributed by atoms with Crippen molar-refractivity contribution < 1.29 is 4.92 Å². The lowest BCUT2D eigenvalue weighted by Gasteiger charge is -1.99. The van der Waals surface area contributed by atoms with Gasteiger partial charge >= 0.3 is 5.82 Å². The second kappa shape index (κ2) is 5.49. The van der Waals surface area contributed by atoms with Crippen LogP contribution in [-0.2, 0) is 0 Å². The predicted molar refractivity (Wildman–Crippen MR) is 60.1 cm³/mol. The van der Waals surface area contributed by atoms with Crippen LogP contribution >= 0.6 is 0 Å². The zero-order valence-corrected chi connectivity index (χ0v) is 8.46. The van der Waals surface area contributed by atoms with E-state index in [9.17, 15) is 10.1 Å². The Morgan fingerprint density at radius 3 is 2.94 bits per heavy atom. The molecule has 1 rings (SSSR count). The van der Waals surface area contributed by atoms with E-state index in [4.69, 9.17) is 11.5 Å². The van der Waals surface area contributed by atoms with Gasteiger partial charge in [0.1, 0.15) is 0 Å². The first-order valence-electron chi connectivity index (χ1n) is 4.50. The normalized spacial score (nSPS) is 9.50. The summed E-state index contributed by atoms with van der Waals surface area (Å²) in [5, 5.41) is 13.3. The fourth-order valence-electron chi connectivity index (χ4n) is 0.992. The summed E-state index contributed by atoms with van der Waals surface area (Å²) in [5.74, 6) is 0.223. The molecular formula is C8H12N6O2. The van der Waals surface area contributed by atoms with Gasteiger partial charge in [0.05, 0.1) is 6.54 Å². The van der Waals surface area contributed by atoms with Gasteiger partial charge in [0.25, 0.3) is 0 Å². The van der Waals surface area contributed by atoms with Crippen LogP contribution in [0.3, 0.4) is 0 Å². The zero-order valence-electron chi connectivity index (χ0n) is 8.46. The van der Waals surface area contributed by atoms with Crippen molar-refractivity contribution in [3.05, 3.63) is 28.3 Å². The fourth-order valence-corrected chi connectivity index (χ4v) is 0.992. The van der Waals surface area contributed by atoms with Gasteiger partial charge in [-0.15, -0.1) is 0 Å². The molecule has 1 aromatic heterocycles. The van der Waals surface area contributed by atoms with Crippen LogP contribution in [0.15, 0.2) is 23.2 Å². The lowest BCUT2D eigenvalue weighted by atomic mass is 10.4. The topological polar surface area (TPSA) is 132 Å². The molecule has 86 valence electrons. The van der Waals surface area contributed by atoms with Gasteiger partial charge in [-0.25, -0.2) is 0 Å². The largest absolute Gasteiger partial charge is 0.370 e. The highest BCUT2D eigenvalue weighted by Crippen LogP contribution is 2.10. The Morgan fingerprint density at radius 1 is 1.56 bits per heavy atom. The maximum absolute atomic E-state index is 10.4. The Bertz CT molecular complexity index is 401. The van der Waals surface area contributed by atoms with Gasteiger partial charge in [0, 0.05) is 18.7 Å². The molecule has 1 aromatic rings. The molecule has 0 spiro atoms. The summed E-state index contributed by atoms with van der Waals surface area (Å²) < 4.78 is 0. The summed E-state index contributed by atoms with van der Waals surface area (Å²) in [6, 6.07) is 4.50. The first kappa shape index (κ1) is 11.7. The number of anilines is 1. The summed E-state index contributed by atoms with van der Waals surface area (Å²) in [5.41, 5.74) is 10.3. The van der Waals surface area contributed by atoms with Crippen LogP contribution in [0.4, 0.5) is 11.6 Å². The number of nitrogens with two attached hydrogens (primary N) is 2. The molecule has 0 amide bonds. The minimum absolute atomic E-state index is 0.00815. The van der Waals surface area contributed by atoms with Crippen molar-refractivity contribution in [2.45, 2.75) is 0 Å². The molecule has 0 fully saturated rings. The molecule has 0 aliphatic rings. The van der Waals surface area contributed by atoms with Gasteiger partial charge in [0.15, 0.2) is 5.96 Å². The Labute approximate surface area is 91.5 Å². The van der Waals surface area contributed by atoms with Crippen LogP contribution in [-0.4, -0.2) is 29.0 Å². The Kier molecular flexibility index (Phi) is 4.01. The van der Waals surface area contributed by atoms with Crippen molar-refractivity contribution in [1.82, 2.24) is 4.98 Å². The number of aliphatic imine (C=N–C) groups is 1. The van der Waals surface area contributed by atoms with Gasteiger partial charge < -0.3 is 26.9 Å². The summed E-state index contributed by atoms with van der Waals surface area (Å²) in [6.07, 6.45) is 0. The molecule has 8 heteroatoms. The first-order chi connectivity index (χ1) is 7.59. The summed E-state index contributed by atoms with van der Waals surface area (Å²) in [6.45, 7) is 0.832. The quantitative estimate of drug-likeness (QED) is 0.206. The van der Waals surface area contributed by atoms with Gasteiger partial charge in [-0.05, 0) is 16.0 Å². The van der Waals surface area contributed by atoms with E-state index in [0.717, 1.165) is 0 Å². The molecule has 0 atom stereocenters. The van der Waals surface area contributed by atoms with E-state index >= 15 is 0 Å². The van der Waals surface area contributed by atoms with Crippen molar-refractivity contribution in [1.29, 1.82) is 0 Å². The van der Waals surface area contributed by atoms with Crippen LogP contribution in [0.2, 0.25) is 0 Å². The third-order valence-corrected chi connectivity index (χ3v) is 1.63. The lowest BCUT2D eigenvalue weighted by molar-refractivity contribution is -0.389. The molecule has 0 unspecified atom stereocenters. The molecule has 0 bridgehead atoms. The molecule has 0 aliphatic heterocycles. The molecular weight excluding hydrogens is 212 g/mol. The molecule has 0 aromatic carbocycles. The van der Waals surface area contributed by atoms with E-state index in [0.29, 0.717) is 18.9 Å². The first-order valence-corrected chi connectivity index (χ1v) is 4.50. The average Bonchev–Trinajstić information content (AvgIpc) is 2.24.